The molecule has 2 saturated heterocycles. The fraction of sp³-hybridized carbons (Fsp3) is 0.344. The Hall–Kier alpha value is -3.88. The van der Waals surface area contributed by atoms with Gasteiger partial charge in [-0.25, -0.2) is 18.8 Å². The first-order chi connectivity index (χ1) is 21.9. The number of benzene rings is 2. The molecule has 0 unspecified atom stereocenters. The third-order valence-electron chi connectivity index (χ3n) is 8.28. The highest BCUT2D eigenvalue weighted by molar-refractivity contribution is 7.88. The number of thiophene rings is 1. The Morgan fingerprint density at radius 2 is 1.71 bits per heavy atom. The van der Waals surface area contributed by atoms with Crippen LogP contribution in [0.4, 0.5) is 11.8 Å². The minimum Gasteiger partial charge on any atom is -0.378 e. The van der Waals surface area contributed by atoms with Gasteiger partial charge in [0.1, 0.15) is 0 Å². The maximum atomic E-state index is 11.9. The molecule has 2 fully saturated rings. The van der Waals surface area contributed by atoms with Crippen LogP contribution in [0.1, 0.15) is 16.0 Å². The van der Waals surface area contributed by atoms with Gasteiger partial charge in [-0.15, -0.1) is 11.3 Å². The Bertz CT molecular complexity index is 1930. The van der Waals surface area contributed by atoms with Crippen molar-refractivity contribution in [2.75, 3.05) is 69.1 Å². The molecule has 11 nitrogen and oxygen atoms in total. The van der Waals surface area contributed by atoms with Gasteiger partial charge in [0.15, 0.2) is 5.82 Å². The van der Waals surface area contributed by atoms with Gasteiger partial charge in [0.2, 0.25) is 16.0 Å². The summed E-state index contributed by atoms with van der Waals surface area (Å²) in [4.78, 5) is 15.5. The van der Waals surface area contributed by atoms with Crippen LogP contribution in [0.25, 0.3) is 21.1 Å². The summed E-state index contributed by atoms with van der Waals surface area (Å²) in [6.07, 6.45) is 5.24. The molecule has 2 aliphatic rings. The maximum absolute atomic E-state index is 11.9. The second kappa shape index (κ2) is 12.9. The van der Waals surface area contributed by atoms with E-state index in [1.807, 2.05) is 18.3 Å². The molecule has 0 radical (unpaired) electrons. The van der Waals surface area contributed by atoms with E-state index in [-0.39, 0.29) is 0 Å². The number of nitrogens with zero attached hydrogens (tertiary/aromatic N) is 7. The first-order valence-corrected chi connectivity index (χ1v) is 17.8. The Kier molecular flexibility index (Phi) is 8.51. The number of anilines is 2. The fourth-order valence-corrected chi connectivity index (χ4v) is 7.95. The van der Waals surface area contributed by atoms with E-state index in [0.717, 1.165) is 58.7 Å². The van der Waals surface area contributed by atoms with Crippen molar-refractivity contribution in [2.45, 2.75) is 13.1 Å². The molecule has 0 spiro atoms. The fourth-order valence-electron chi connectivity index (χ4n) is 5.97. The van der Waals surface area contributed by atoms with Crippen molar-refractivity contribution in [3.8, 4) is 0 Å². The van der Waals surface area contributed by atoms with Gasteiger partial charge in [-0.3, -0.25) is 4.90 Å². The van der Waals surface area contributed by atoms with E-state index in [2.05, 4.69) is 79.6 Å². The second-order valence-corrected chi connectivity index (χ2v) is 14.5. The van der Waals surface area contributed by atoms with Crippen LogP contribution in [0.5, 0.6) is 0 Å². The number of ether oxygens (including phenoxy) is 1. The number of hydrogen-bond acceptors (Lipinski definition) is 10. The average molecular weight is 645 g/mol. The molecule has 1 N–H and O–H groups in total. The molecule has 0 saturated carbocycles. The Morgan fingerprint density at radius 1 is 0.956 bits per heavy atom. The zero-order valence-electron chi connectivity index (χ0n) is 25.2. The summed E-state index contributed by atoms with van der Waals surface area (Å²) >= 11 is 1.70. The SMILES string of the molecule is CS(=O)(=O)N1CCN(Cc2cc3nc(N/N=C/c4cn(Cc5ccccc5)c5ccccc45)nc(N4CCOCC4)c3s2)CC1. The number of morpholine rings is 1. The Balaban J connectivity index is 1.13. The lowest BCUT2D eigenvalue weighted by Crippen LogP contribution is -2.47. The summed E-state index contributed by atoms with van der Waals surface area (Å²) in [5.41, 5.74) is 7.39. The quantitative estimate of drug-likeness (QED) is 0.189. The molecular formula is C32H36N8O3S2. The summed E-state index contributed by atoms with van der Waals surface area (Å²) < 4.78 is 34.3. The van der Waals surface area contributed by atoms with E-state index < -0.39 is 10.0 Å². The zero-order chi connectivity index (χ0) is 30.8. The van der Waals surface area contributed by atoms with Gasteiger partial charge in [0.25, 0.3) is 0 Å². The third-order valence-corrected chi connectivity index (χ3v) is 10.7. The number of para-hydroxylation sites is 1. The first kappa shape index (κ1) is 29.8. The molecule has 13 heteroatoms. The minimum atomic E-state index is -3.16. The molecule has 0 aliphatic carbocycles. The minimum absolute atomic E-state index is 0.444. The van der Waals surface area contributed by atoms with Crippen LogP contribution in [-0.4, -0.2) is 97.1 Å². The van der Waals surface area contributed by atoms with Gasteiger partial charge >= 0.3 is 0 Å². The third kappa shape index (κ3) is 6.72. The van der Waals surface area contributed by atoms with Crippen molar-refractivity contribution in [1.82, 2.24) is 23.7 Å². The molecule has 0 bridgehead atoms. The number of rotatable bonds is 9. The summed E-state index contributed by atoms with van der Waals surface area (Å²) in [5.74, 6) is 1.33. The first-order valence-electron chi connectivity index (χ1n) is 15.1. The van der Waals surface area contributed by atoms with Crippen LogP contribution in [-0.2, 0) is 27.8 Å². The van der Waals surface area contributed by atoms with Gasteiger partial charge in [0.05, 0.1) is 35.9 Å². The summed E-state index contributed by atoms with van der Waals surface area (Å²) in [6.45, 7) is 6.78. The molecule has 3 aromatic heterocycles. The number of sulfonamides is 1. The average Bonchev–Trinajstić information content (AvgIpc) is 3.62. The molecule has 2 aromatic carbocycles. The number of hydrazone groups is 1. The normalized spacial score (nSPS) is 17.1. The van der Waals surface area contributed by atoms with Crippen molar-refractivity contribution in [3.05, 3.63) is 82.9 Å². The molecule has 5 aromatic rings. The monoisotopic (exact) mass is 644 g/mol. The summed E-state index contributed by atoms with van der Waals surface area (Å²) in [6, 6.07) is 20.9. The number of hydrogen-bond donors (Lipinski definition) is 1. The van der Waals surface area contributed by atoms with E-state index >= 15 is 0 Å². The van der Waals surface area contributed by atoms with Crippen molar-refractivity contribution in [2.24, 2.45) is 5.10 Å². The molecule has 0 atom stereocenters. The van der Waals surface area contributed by atoms with Gasteiger partial charge in [0, 0.05) is 79.9 Å². The smallest absolute Gasteiger partial charge is 0.246 e. The Labute approximate surface area is 266 Å². The summed E-state index contributed by atoms with van der Waals surface area (Å²) in [5, 5.41) is 5.72. The van der Waals surface area contributed by atoms with E-state index in [0.29, 0.717) is 45.3 Å². The zero-order valence-corrected chi connectivity index (χ0v) is 26.8. The van der Waals surface area contributed by atoms with Gasteiger partial charge < -0.3 is 14.2 Å². The highest BCUT2D eigenvalue weighted by Gasteiger charge is 2.25. The highest BCUT2D eigenvalue weighted by Crippen LogP contribution is 2.34. The van der Waals surface area contributed by atoms with E-state index in [1.165, 1.54) is 16.7 Å². The van der Waals surface area contributed by atoms with Crippen molar-refractivity contribution in [1.29, 1.82) is 0 Å². The lowest BCUT2D eigenvalue weighted by atomic mass is 10.2. The van der Waals surface area contributed by atoms with Crippen LogP contribution in [0.15, 0.2) is 72.0 Å². The van der Waals surface area contributed by atoms with E-state index in [4.69, 9.17) is 14.7 Å². The van der Waals surface area contributed by atoms with Gasteiger partial charge in [-0.1, -0.05) is 48.5 Å². The second-order valence-electron chi connectivity index (χ2n) is 11.4. The molecule has 0 amide bonds. The van der Waals surface area contributed by atoms with E-state index in [1.54, 1.807) is 15.6 Å². The van der Waals surface area contributed by atoms with Crippen molar-refractivity contribution >= 4 is 60.5 Å². The number of fused-ring (bicyclic) bond motifs is 2. The largest absolute Gasteiger partial charge is 0.378 e. The molecule has 234 valence electrons. The van der Waals surface area contributed by atoms with Crippen molar-refractivity contribution < 1.29 is 13.2 Å². The number of nitrogens with one attached hydrogen (secondary N) is 1. The summed E-state index contributed by atoms with van der Waals surface area (Å²) in [7, 11) is -3.16. The van der Waals surface area contributed by atoms with Gasteiger partial charge in [-0.05, 0) is 17.7 Å². The van der Waals surface area contributed by atoms with Crippen LogP contribution in [0, 0.1) is 0 Å². The molecule has 5 heterocycles. The lowest BCUT2D eigenvalue weighted by Gasteiger charge is -2.32. The van der Waals surface area contributed by atoms with E-state index in [9.17, 15) is 8.42 Å². The Morgan fingerprint density at radius 3 is 2.49 bits per heavy atom. The molecular weight excluding hydrogens is 609 g/mol. The highest BCUT2D eigenvalue weighted by atomic mass is 32.2. The molecule has 2 aliphatic heterocycles. The predicted molar refractivity (Wildman–Crippen MR) is 181 cm³/mol. The lowest BCUT2D eigenvalue weighted by molar-refractivity contribution is 0.122. The molecule has 7 rings (SSSR count). The standard InChI is InChI=1S/C32H36N8O3S2/c1-45(41,42)40-13-11-37(12-14-40)23-26-19-28-30(44-26)31(38-15-17-43-18-16-38)35-32(34-28)36-33-20-25-22-39(21-24-7-3-2-4-8-24)29-10-6-5-9-27(25)29/h2-10,19-20,22H,11-18,21,23H2,1H3,(H,34,35,36)/b33-20+. The molecule has 45 heavy (non-hydrogen) atoms. The van der Waals surface area contributed by atoms with Gasteiger partial charge in [-0.2, -0.15) is 14.4 Å². The maximum Gasteiger partial charge on any atom is 0.246 e. The number of aromatic nitrogens is 3. The van der Waals surface area contributed by atoms with Crippen LogP contribution < -0.4 is 10.3 Å². The predicted octanol–water partition coefficient (Wildman–Crippen LogP) is 4.05. The van der Waals surface area contributed by atoms with Crippen LogP contribution >= 0.6 is 11.3 Å². The van der Waals surface area contributed by atoms with Crippen LogP contribution in [0.2, 0.25) is 0 Å². The van der Waals surface area contributed by atoms with Crippen molar-refractivity contribution in [3.63, 3.8) is 0 Å². The number of piperazine rings is 1. The topological polar surface area (TPSA) is 108 Å². The van der Waals surface area contributed by atoms with Crippen LogP contribution in [0.3, 0.4) is 0 Å².